The third-order valence-electron chi connectivity index (χ3n) is 3.34. The molecule has 0 aromatic carbocycles. The number of amides is 2. The van der Waals surface area contributed by atoms with Crippen LogP contribution in [0.1, 0.15) is 39.5 Å². The van der Waals surface area contributed by atoms with Gasteiger partial charge in [0.2, 0.25) is 0 Å². The van der Waals surface area contributed by atoms with Crippen LogP contribution < -0.4 is 11.1 Å². The number of rotatable bonds is 4. The Hall–Kier alpha value is -0.840. The van der Waals surface area contributed by atoms with E-state index in [2.05, 4.69) is 12.2 Å². The molecule has 2 amide bonds. The summed E-state index contributed by atoms with van der Waals surface area (Å²) in [6.07, 6.45) is 3.63. The van der Waals surface area contributed by atoms with Crippen LogP contribution in [0.3, 0.4) is 0 Å². The minimum atomic E-state index is 0.0278. The molecule has 0 spiro atoms. The number of hydrogen-bond donors (Lipinski definition) is 2. The zero-order chi connectivity index (χ0) is 12.8. The predicted octanol–water partition coefficient (Wildman–Crippen LogP) is 1.88. The SMILES string of the molecule is CCC(CC(N)=S)NC(=O)N1CCC(C)CC1. The highest BCUT2D eigenvalue weighted by atomic mass is 32.1. The van der Waals surface area contributed by atoms with Crippen LogP contribution in [0.5, 0.6) is 0 Å². The van der Waals surface area contributed by atoms with Crippen molar-refractivity contribution in [2.75, 3.05) is 13.1 Å². The van der Waals surface area contributed by atoms with Crippen LogP contribution in [0.4, 0.5) is 4.79 Å². The van der Waals surface area contributed by atoms with Gasteiger partial charge in [0.05, 0.1) is 4.99 Å². The number of nitrogens with one attached hydrogen (secondary N) is 1. The van der Waals surface area contributed by atoms with Crippen LogP contribution in [0, 0.1) is 5.92 Å². The first-order valence-electron chi connectivity index (χ1n) is 6.36. The van der Waals surface area contributed by atoms with E-state index >= 15 is 0 Å². The Balaban J connectivity index is 2.39. The molecule has 0 saturated carbocycles. The molecule has 0 aromatic rings. The van der Waals surface area contributed by atoms with Crippen molar-refractivity contribution in [3.05, 3.63) is 0 Å². The van der Waals surface area contributed by atoms with Gasteiger partial charge in [0.25, 0.3) is 0 Å². The molecular formula is C12H23N3OS. The van der Waals surface area contributed by atoms with Gasteiger partial charge in [-0.25, -0.2) is 4.79 Å². The molecule has 0 aliphatic carbocycles. The number of nitrogens with zero attached hydrogens (tertiary/aromatic N) is 1. The minimum Gasteiger partial charge on any atom is -0.393 e. The highest BCUT2D eigenvalue weighted by Crippen LogP contribution is 2.16. The van der Waals surface area contributed by atoms with Gasteiger partial charge in [-0.1, -0.05) is 26.1 Å². The van der Waals surface area contributed by atoms with Gasteiger partial charge in [-0.3, -0.25) is 0 Å². The first kappa shape index (κ1) is 14.2. The van der Waals surface area contributed by atoms with Crippen LogP contribution >= 0.6 is 12.2 Å². The maximum atomic E-state index is 12.0. The number of piperidine rings is 1. The van der Waals surface area contributed by atoms with Crippen LogP contribution in [0.2, 0.25) is 0 Å². The second-order valence-corrected chi connectivity index (χ2v) is 5.42. The van der Waals surface area contributed by atoms with Gasteiger partial charge in [0, 0.05) is 25.6 Å². The lowest BCUT2D eigenvalue weighted by Gasteiger charge is -2.31. The zero-order valence-corrected chi connectivity index (χ0v) is 11.6. The maximum Gasteiger partial charge on any atom is 0.317 e. The number of nitrogens with two attached hydrogens (primary N) is 1. The van der Waals surface area contributed by atoms with Gasteiger partial charge >= 0.3 is 6.03 Å². The van der Waals surface area contributed by atoms with Crippen molar-refractivity contribution < 1.29 is 4.79 Å². The molecule has 17 heavy (non-hydrogen) atoms. The van der Waals surface area contributed by atoms with E-state index in [0.717, 1.165) is 38.3 Å². The average molecular weight is 257 g/mol. The summed E-state index contributed by atoms with van der Waals surface area (Å²) in [5.74, 6) is 0.734. The monoisotopic (exact) mass is 257 g/mol. The molecule has 0 bridgehead atoms. The fraction of sp³-hybridized carbons (Fsp3) is 0.833. The fourth-order valence-corrected chi connectivity index (χ4v) is 2.22. The van der Waals surface area contributed by atoms with E-state index in [9.17, 15) is 4.79 Å². The summed E-state index contributed by atoms with van der Waals surface area (Å²) < 4.78 is 0. The maximum absolute atomic E-state index is 12.0. The van der Waals surface area contributed by atoms with Crippen molar-refractivity contribution in [3.8, 4) is 0 Å². The molecule has 1 rings (SSSR count). The first-order chi connectivity index (χ1) is 8.02. The summed E-state index contributed by atoms with van der Waals surface area (Å²) in [7, 11) is 0. The van der Waals surface area contributed by atoms with E-state index in [1.54, 1.807) is 0 Å². The molecule has 5 heteroatoms. The lowest BCUT2D eigenvalue weighted by Crippen LogP contribution is -2.48. The summed E-state index contributed by atoms with van der Waals surface area (Å²) >= 11 is 4.88. The molecule has 0 aromatic heterocycles. The van der Waals surface area contributed by atoms with Crippen molar-refractivity contribution in [2.24, 2.45) is 11.7 Å². The Bertz CT molecular complexity index is 275. The number of carbonyl (C=O) groups excluding carboxylic acids is 1. The summed E-state index contributed by atoms with van der Waals surface area (Å²) in [5, 5.41) is 3.00. The number of urea groups is 1. The van der Waals surface area contributed by atoms with Crippen molar-refractivity contribution >= 4 is 23.2 Å². The molecule has 98 valence electrons. The van der Waals surface area contributed by atoms with Gasteiger partial charge in [-0.2, -0.15) is 0 Å². The first-order valence-corrected chi connectivity index (χ1v) is 6.77. The fourth-order valence-electron chi connectivity index (χ4n) is 2.02. The second kappa shape index (κ2) is 6.79. The molecule has 4 nitrogen and oxygen atoms in total. The number of hydrogen-bond acceptors (Lipinski definition) is 2. The van der Waals surface area contributed by atoms with Gasteiger partial charge in [-0.15, -0.1) is 0 Å². The predicted molar refractivity (Wildman–Crippen MR) is 74.0 cm³/mol. The van der Waals surface area contributed by atoms with Gasteiger partial charge in [0.1, 0.15) is 0 Å². The molecular weight excluding hydrogens is 234 g/mol. The van der Waals surface area contributed by atoms with E-state index in [1.165, 1.54) is 0 Å². The summed E-state index contributed by atoms with van der Waals surface area (Å²) in [5.41, 5.74) is 5.51. The number of carbonyl (C=O) groups is 1. The molecule has 1 heterocycles. The zero-order valence-electron chi connectivity index (χ0n) is 10.7. The summed E-state index contributed by atoms with van der Waals surface area (Å²) in [6.45, 7) is 5.98. The largest absolute Gasteiger partial charge is 0.393 e. The molecule has 1 aliphatic rings. The lowest BCUT2D eigenvalue weighted by atomic mass is 9.99. The van der Waals surface area contributed by atoms with E-state index < -0.39 is 0 Å². The van der Waals surface area contributed by atoms with Crippen molar-refractivity contribution in [1.82, 2.24) is 10.2 Å². The molecule has 1 fully saturated rings. The van der Waals surface area contributed by atoms with E-state index in [1.807, 2.05) is 11.8 Å². The third kappa shape index (κ3) is 4.89. The Labute approximate surface area is 109 Å². The number of likely N-dealkylation sites (tertiary alicyclic amines) is 1. The highest BCUT2D eigenvalue weighted by molar-refractivity contribution is 7.80. The average Bonchev–Trinajstić information content (AvgIpc) is 2.28. The minimum absolute atomic E-state index is 0.0278. The molecule has 1 atom stereocenters. The topological polar surface area (TPSA) is 58.4 Å². The summed E-state index contributed by atoms with van der Waals surface area (Å²) in [4.78, 5) is 14.3. The second-order valence-electron chi connectivity index (χ2n) is 4.89. The van der Waals surface area contributed by atoms with E-state index in [-0.39, 0.29) is 12.1 Å². The van der Waals surface area contributed by atoms with E-state index in [4.69, 9.17) is 18.0 Å². The van der Waals surface area contributed by atoms with E-state index in [0.29, 0.717) is 11.4 Å². The van der Waals surface area contributed by atoms with Gasteiger partial charge in [-0.05, 0) is 25.2 Å². The molecule has 1 aliphatic heterocycles. The normalized spacial score (nSPS) is 18.8. The van der Waals surface area contributed by atoms with Crippen molar-refractivity contribution in [3.63, 3.8) is 0 Å². The Morgan fingerprint density at radius 1 is 1.53 bits per heavy atom. The van der Waals surface area contributed by atoms with Gasteiger partial charge in [0.15, 0.2) is 0 Å². The Kier molecular flexibility index (Phi) is 5.68. The van der Waals surface area contributed by atoms with Crippen LogP contribution in [-0.2, 0) is 0 Å². The number of thiocarbonyl (C=S) groups is 1. The van der Waals surface area contributed by atoms with Crippen LogP contribution in [-0.4, -0.2) is 35.1 Å². The molecule has 1 unspecified atom stereocenters. The molecule has 3 N–H and O–H groups in total. The highest BCUT2D eigenvalue weighted by Gasteiger charge is 2.21. The smallest absolute Gasteiger partial charge is 0.317 e. The summed E-state index contributed by atoms with van der Waals surface area (Å²) in [6, 6.07) is 0.0966. The Morgan fingerprint density at radius 2 is 2.12 bits per heavy atom. The lowest BCUT2D eigenvalue weighted by molar-refractivity contribution is 0.170. The molecule has 0 radical (unpaired) electrons. The third-order valence-corrected chi connectivity index (χ3v) is 3.51. The van der Waals surface area contributed by atoms with Crippen molar-refractivity contribution in [1.29, 1.82) is 0 Å². The Morgan fingerprint density at radius 3 is 2.59 bits per heavy atom. The molecule has 1 saturated heterocycles. The quantitative estimate of drug-likeness (QED) is 0.756. The van der Waals surface area contributed by atoms with Crippen molar-refractivity contribution in [2.45, 2.75) is 45.6 Å². The standard InChI is InChI=1S/C12H23N3OS/c1-3-10(8-11(13)17)14-12(16)15-6-4-9(2)5-7-15/h9-10H,3-8H2,1-2H3,(H2,13,17)(H,14,16). The van der Waals surface area contributed by atoms with Gasteiger partial charge < -0.3 is 16.0 Å². The van der Waals surface area contributed by atoms with Crippen LogP contribution in [0.15, 0.2) is 0 Å². The van der Waals surface area contributed by atoms with Crippen LogP contribution in [0.25, 0.3) is 0 Å².